The largest absolute Gasteiger partial charge is 0.483 e. The van der Waals surface area contributed by atoms with Crippen molar-refractivity contribution in [3.05, 3.63) is 102 Å². The van der Waals surface area contributed by atoms with Crippen LogP contribution >= 0.6 is 0 Å². The molecule has 0 aliphatic carbocycles. The molecule has 2 rings (SSSR count). The number of carbonyl (C=O) groups excluding carboxylic acids is 3. The normalized spacial score (nSPS) is 13.6. The highest BCUT2D eigenvalue weighted by Gasteiger charge is 2.29. The van der Waals surface area contributed by atoms with Crippen LogP contribution in [0, 0.1) is 19.8 Å². The summed E-state index contributed by atoms with van der Waals surface area (Å²) in [5.74, 6) is 0.232. The number of nitrogens with zero attached hydrogens (tertiary/aromatic N) is 1. The number of urea groups is 1. The second-order valence-corrected chi connectivity index (χ2v) is 11.6. The zero-order chi connectivity index (χ0) is 33.4. The number of nitrogens with one attached hydrogen (secondary N) is 3. The molecule has 0 aromatic heterocycles. The molecule has 0 bridgehead atoms. The van der Waals surface area contributed by atoms with Crippen LogP contribution in [0.2, 0.25) is 0 Å². The minimum atomic E-state index is -0.619. The zero-order valence-corrected chi connectivity index (χ0v) is 27.9. The molecule has 4 amide bonds. The van der Waals surface area contributed by atoms with Crippen molar-refractivity contribution in [3.8, 4) is 5.75 Å². The third-order valence-electron chi connectivity index (χ3n) is 7.87. The predicted octanol–water partition coefficient (Wildman–Crippen LogP) is 6.05. The van der Waals surface area contributed by atoms with Crippen LogP contribution in [0.5, 0.6) is 5.75 Å². The van der Waals surface area contributed by atoms with Gasteiger partial charge in [-0.2, -0.15) is 0 Å². The van der Waals surface area contributed by atoms with Crippen molar-refractivity contribution in [2.45, 2.75) is 78.4 Å². The fourth-order valence-corrected chi connectivity index (χ4v) is 5.42. The van der Waals surface area contributed by atoms with Crippen molar-refractivity contribution in [1.82, 2.24) is 20.9 Å². The van der Waals surface area contributed by atoms with Gasteiger partial charge in [0, 0.05) is 25.7 Å². The van der Waals surface area contributed by atoms with E-state index in [0.29, 0.717) is 38.0 Å². The van der Waals surface area contributed by atoms with E-state index in [1.165, 1.54) is 4.90 Å². The molecule has 0 aliphatic heterocycles. The molecule has 1 unspecified atom stereocenters. The molecule has 2 aromatic carbocycles. The van der Waals surface area contributed by atoms with Gasteiger partial charge in [-0.25, -0.2) is 4.79 Å². The molecule has 2 aromatic rings. The Bertz CT molecular complexity index is 1290. The smallest absolute Gasteiger partial charge is 0.317 e. The Morgan fingerprint density at radius 2 is 1.67 bits per heavy atom. The molecule has 45 heavy (non-hydrogen) atoms. The summed E-state index contributed by atoms with van der Waals surface area (Å²) < 4.78 is 5.93. The van der Waals surface area contributed by atoms with E-state index < -0.39 is 6.04 Å². The number of para-hydroxylation sites is 1. The number of amides is 4. The number of benzene rings is 2. The number of aryl methyl sites for hydroxylation is 2. The standard InChI is InChI=1S/C37H52N4O4/c1-9-12-17-26(4)22-32(40-34(42)25-45-35-27(5)18-16-19-28(35)6)29(7)23-31(24-30-20-14-13-15-21-30)39-36(43)33(10-2)41(8)37(44)38-11-3/h9,12-21,29,31-33H,1,4,10-11,22-25H2,2-3,5-8H3,(H,38,44)(H,39,43)(H,40,42)/b17-12-/t29-,31+,32-,33?/m0/s1. The Kier molecular flexibility index (Phi) is 15.7. The molecular weight excluding hydrogens is 564 g/mol. The van der Waals surface area contributed by atoms with Crippen LogP contribution in [0.25, 0.3) is 0 Å². The molecule has 8 nitrogen and oxygen atoms in total. The highest BCUT2D eigenvalue weighted by atomic mass is 16.5. The summed E-state index contributed by atoms with van der Waals surface area (Å²) in [6.45, 7) is 18.0. The lowest BCUT2D eigenvalue weighted by molar-refractivity contribution is -0.126. The van der Waals surface area contributed by atoms with Gasteiger partial charge in [-0.15, -0.1) is 0 Å². The van der Waals surface area contributed by atoms with E-state index in [1.54, 1.807) is 13.1 Å². The summed E-state index contributed by atoms with van der Waals surface area (Å²) in [6, 6.07) is 14.4. The number of likely N-dealkylation sites (N-methyl/N-ethyl adjacent to an activating group) is 1. The van der Waals surface area contributed by atoms with Gasteiger partial charge in [0.05, 0.1) is 0 Å². The van der Waals surface area contributed by atoms with Crippen LogP contribution in [0.4, 0.5) is 4.79 Å². The fourth-order valence-electron chi connectivity index (χ4n) is 5.42. The highest BCUT2D eigenvalue weighted by Crippen LogP contribution is 2.23. The van der Waals surface area contributed by atoms with Gasteiger partial charge < -0.3 is 25.6 Å². The molecule has 8 heteroatoms. The van der Waals surface area contributed by atoms with Crippen molar-refractivity contribution in [3.63, 3.8) is 0 Å². The van der Waals surface area contributed by atoms with Gasteiger partial charge in [0.15, 0.2) is 6.61 Å². The molecular formula is C37H52N4O4. The second kappa shape index (κ2) is 19.1. The maximum Gasteiger partial charge on any atom is 0.317 e. The third-order valence-corrected chi connectivity index (χ3v) is 7.87. The van der Waals surface area contributed by atoms with Crippen molar-refractivity contribution in [1.29, 1.82) is 0 Å². The van der Waals surface area contributed by atoms with Crippen LogP contribution in [0.3, 0.4) is 0 Å². The number of allylic oxidation sites excluding steroid dienone is 3. The summed E-state index contributed by atoms with van der Waals surface area (Å²) in [6.07, 6.45) is 7.58. The summed E-state index contributed by atoms with van der Waals surface area (Å²) in [7, 11) is 1.64. The molecule has 0 heterocycles. The van der Waals surface area contributed by atoms with Gasteiger partial charge in [0.2, 0.25) is 5.91 Å². The molecule has 4 atom stereocenters. The van der Waals surface area contributed by atoms with E-state index in [-0.39, 0.29) is 42.5 Å². The Labute approximate surface area is 270 Å². The number of carbonyl (C=O) groups is 3. The fraction of sp³-hybridized carbons (Fsp3) is 0.432. The average molecular weight is 617 g/mol. The van der Waals surface area contributed by atoms with Gasteiger partial charge in [-0.05, 0) is 69.1 Å². The minimum Gasteiger partial charge on any atom is -0.483 e. The second-order valence-electron chi connectivity index (χ2n) is 11.6. The van der Waals surface area contributed by atoms with Crippen molar-refractivity contribution >= 4 is 17.8 Å². The summed E-state index contributed by atoms with van der Waals surface area (Å²) >= 11 is 0. The van der Waals surface area contributed by atoms with Crippen molar-refractivity contribution in [2.75, 3.05) is 20.2 Å². The molecule has 0 fully saturated rings. The van der Waals surface area contributed by atoms with E-state index in [0.717, 1.165) is 22.3 Å². The molecule has 0 aliphatic rings. The first kappa shape index (κ1) is 36.9. The number of rotatable bonds is 18. The van der Waals surface area contributed by atoms with E-state index in [2.05, 4.69) is 36.0 Å². The third kappa shape index (κ3) is 12.3. The Hall–Kier alpha value is -4.33. The molecule has 0 radical (unpaired) electrons. The SMILES string of the molecule is C=C/C=C\C(=C)C[C@H](NC(=O)COc1c(C)cccc1C)[C@@H](C)C[C@H](Cc1ccccc1)NC(=O)C(CC)N(C)C(=O)NCC. The number of hydrogen-bond acceptors (Lipinski definition) is 4. The lowest BCUT2D eigenvalue weighted by atomic mass is 9.87. The molecule has 0 saturated heterocycles. The topological polar surface area (TPSA) is 99.8 Å². The van der Waals surface area contributed by atoms with E-state index >= 15 is 0 Å². The van der Waals surface area contributed by atoms with Gasteiger partial charge in [-0.1, -0.05) is 99.3 Å². The van der Waals surface area contributed by atoms with Gasteiger partial charge in [0.1, 0.15) is 11.8 Å². The maximum atomic E-state index is 13.6. The summed E-state index contributed by atoms with van der Waals surface area (Å²) in [5.41, 5.74) is 3.87. The molecule has 0 saturated carbocycles. The Balaban J connectivity index is 2.27. The number of ether oxygens (including phenoxy) is 1. The van der Waals surface area contributed by atoms with E-state index in [9.17, 15) is 14.4 Å². The molecule has 244 valence electrons. The first-order valence-electron chi connectivity index (χ1n) is 15.8. The Morgan fingerprint density at radius 3 is 2.27 bits per heavy atom. The first-order chi connectivity index (χ1) is 21.5. The van der Waals surface area contributed by atoms with Crippen LogP contribution in [0.1, 0.15) is 56.7 Å². The van der Waals surface area contributed by atoms with Gasteiger partial charge in [-0.3, -0.25) is 9.59 Å². The maximum absolute atomic E-state index is 13.6. The minimum absolute atomic E-state index is 0.0433. The van der Waals surface area contributed by atoms with Gasteiger partial charge in [0.25, 0.3) is 5.91 Å². The van der Waals surface area contributed by atoms with E-state index in [4.69, 9.17) is 4.74 Å². The monoisotopic (exact) mass is 616 g/mol. The summed E-state index contributed by atoms with van der Waals surface area (Å²) in [4.78, 5) is 40.8. The lowest BCUT2D eigenvalue weighted by Crippen LogP contribution is -2.53. The van der Waals surface area contributed by atoms with Crippen LogP contribution < -0.4 is 20.7 Å². The molecule has 0 spiro atoms. The number of hydrogen-bond donors (Lipinski definition) is 3. The lowest BCUT2D eigenvalue weighted by Gasteiger charge is -2.32. The van der Waals surface area contributed by atoms with Crippen LogP contribution in [0.15, 0.2) is 85.5 Å². The first-order valence-corrected chi connectivity index (χ1v) is 15.8. The van der Waals surface area contributed by atoms with Crippen molar-refractivity contribution < 1.29 is 19.1 Å². The highest BCUT2D eigenvalue weighted by molar-refractivity contribution is 5.87. The van der Waals surface area contributed by atoms with E-state index in [1.807, 2.05) is 88.4 Å². The average Bonchev–Trinajstić information content (AvgIpc) is 3.00. The quantitative estimate of drug-likeness (QED) is 0.178. The van der Waals surface area contributed by atoms with Gasteiger partial charge >= 0.3 is 6.03 Å². The Morgan fingerprint density at radius 1 is 1.00 bits per heavy atom. The zero-order valence-electron chi connectivity index (χ0n) is 27.9. The predicted molar refractivity (Wildman–Crippen MR) is 183 cm³/mol. The van der Waals surface area contributed by atoms with Crippen molar-refractivity contribution in [2.24, 2.45) is 5.92 Å². The summed E-state index contributed by atoms with van der Waals surface area (Å²) in [5, 5.41) is 9.18. The molecule has 3 N–H and O–H groups in total. The van der Waals surface area contributed by atoms with Crippen LogP contribution in [-0.4, -0.2) is 61.1 Å². The van der Waals surface area contributed by atoms with Crippen LogP contribution in [-0.2, 0) is 16.0 Å².